The van der Waals surface area contributed by atoms with E-state index < -0.39 is 0 Å². The fraction of sp³-hybridized carbons (Fsp3) is 0.0588. The highest BCUT2D eigenvalue weighted by molar-refractivity contribution is 6.05. The van der Waals surface area contributed by atoms with E-state index in [1.165, 1.54) is 0 Å². The van der Waals surface area contributed by atoms with E-state index in [-0.39, 0.29) is 11.7 Å². The van der Waals surface area contributed by atoms with Crippen LogP contribution in [0.15, 0.2) is 61.2 Å². The number of aromatic nitrogens is 2. The van der Waals surface area contributed by atoms with Gasteiger partial charge in [0.25, 0.3) is 5.91 Å². The van der Waals surface area contributed by atoms with Crippen LogP contribution in [0.3, 0.4) is 0 Å². The summed E-state index contributed by atoms with van der Waals surface area (Å²) in [6.45, 7) is 1.88. The summed E-state index contributed by atoms with van der Waals surface area (Å²) in [6.07, 6.45) is 5.22. The fourth-order valence-electron chi connectivity index (χ4n) is 2.14. The second-order valence-electron chi connectivity index (χ2n) is 4.99. The minimum atomic E-state index is -0.267. The summed E-state index contributed by atoms with van der Waals surface area (Å²) in [6, 6.07) is 12.3. The highest BCUT2D eigenvalue weighted by atomic mass is 16.3. The summed E-state index contributed by atoms with van der Waals surface area (Å²) in [5, 5.41) is 12.5. The molecule has 0 spiro atoms. The van der Waals surface area contributed by atoms with Crippen molar-refractivity contribution in [1.29, 1.82) is 0 Å². The smallest absolute Gasteiger partial charge is 0.255 e. The lowest BCUT2D eigenvalue weighted by Gasteiger charge is -2.09. The summed E-state index contributed by atoms with van der Waals surface area (Å²) >= 11 is 0. The largest absolute Gasteiger partial charge is 0.506 e. The number of imidazole rings is 1. The van der Waals surface area contributed by atoms with Crippen molar-refractivity contribution in [3.05, 3.63) is 72.3 Å². The van der Waals surface area contributed by atoms with Gasteiger partial charge in [0, 0.05) is 23.6 Å². The molecular weight excluding hydrogens is 278 g/mol. The third-order valence-electron chi connectivity index (χ3n) is 3.33. The van der Waals surface area contributed by atoms with E-state index in [4.69, 9.17) is 0 Å². The minimum absolute atomic E-state index is 0.0587. The molecule has 3 rings (SSSR count). The average Bonchev–Trinajstić information content (AvgIpc) is 3.04. The molecule has 0 aliphatic rings. The number of aryl methyl sites for hydroxylation is 1. The zero-order valence-electron chi connectivity index (χ0n) is 12.0. The maximum atomic E-state index is 12.2. The normalized spacial score (nSPS) is 10.4. The molecule has 3 aromatic rings. The number of amides is 1. The topological polar surface area (TPSA) is 67.2 Å². The maximum absolute atomic E-state index is 12.2. The van der Waals surface area contributed by atoms with Crippen LogP contribution in [-0.2, 0) is 0 Å². The molecule has 22 heavy (non-hydrogen) atoms. The highest BCUT2D eigenvalue weighted by Crippen LogP contribution is 2.24. The second-order valence-corrected chi connectivity index (χ2v) is 4.99. The summed E-state index contributed by atoms with van der Waals surface area (Å²) in [5.74, 6) is -0.209. The van der Waals surface area contributed by atoms with Crippen molar-refractivity contribution in [1.82, 2.24) is 9.55 Å². The molecule has 0 saturated carbocycles. The highest BCUT2D eigenvalue weighted by Gasteiger charge is 2.09. The quantitative estimate of drug-likeness (QED) is 0.729. The fourth-order valence-corrected chi connectivity index (χ4v) is 2.14. The van der Waals surface area contributed by atoms with E-state index in [1.807, 2.05) is 35.9 Å². The maximum Gasteiger partial charge on any atom is 0.255 e. The van der Waals surface area contributed by atoms with Crippen LogP contribution in [0, 0.1) is 6.92 Å². The van der Waals surface area contributed by atoms with Gasteiger partial charge in [-0.15, -0.1) is 0 Å². The number of hydrogen-bond donors (Lipinski definition) is 2. The Morgan fingerprint density at radius 2 is 1.95 bits per heavy atom. The number of anilines is 1. The zero-order chi connectivity index (χ0) is 15.5. The van der Waals surface area contributed by atoms with Crippen LogP contribution in [0.4, 0.5) is 5.69 Å². The van der Waals surface area contributed by atoms with Gasteiger partial charge in [0.05, 0.1) is 12.0 Å². The second kappa shape index (κ2) is 5.73. The number of nitrogens with zero attached hydrogens (tertiary/aromatic N) is 2. The van der Waals surface area contributed by atoms with E-state index in [2.05, 4.69) is 10.3 Å². The van der Waals surface area contributed by atoms with Crippen LogP contribution in [0.5, 0.6) is 5.75 Å². The molecule has 5 heteroatoms. The van der Waals surface area contributed by atoms with E-state index in [0.717, 1.165) is 11.3 Å². The van der Waals surface area contributed by atoms with Gasteiger partial charge < -0.3 is 15.0 Å². The van der Waals surface area contributed by atoms with Crippen LogP contribution < -0.4 is 5.32 Å². The minimum Gasteiger partial charge on any atom is -0.506 e. The van der Waals surface area contributed by atoms with E-state index in [0.29, 0.717) is 11.3 Å². The van der Waals surface area contributed by atoms with Gasteiger partial charge in [0.2, 0.25) is 0 Å². The molecule has 0 saturated heterocycles. The van der Waals surface area contributed by atoms with Crippen molar-refractivity contribution >= 4 is 11.6 Å². The molecule has 110 valence electrons. The number of aromatic hydroxyl groups is 1. The van der Waals surface area contributed by atoms with Crippen LogP contribution in [0.1, 0.15) is 15.9 Å². The molecule has 0 fully saturated rings. The van der Waals surface area contributed by atoms with Gasteiger partial charge in [-0.25, -0.2) is 4.98 Å². The first-order valence-electron chi connectivity index (χ1n) is 6.83. The Morgan fingerprint density at radius 3 is 2.59 bits per heavy atom. The lowest BCUT2D eigenvalue weighted by molar-refractivity contribution is 0.102. The van der Waals surface area contributed by atoms with Crippen LogP contribution >= 0.6 is 0 Å². The molecule has 1 heterocycles. The Labute approximate surface area is 127 Å². The first kappa shape index (κ1) is 13.9. The molecule has 1 aromatic heterocycles. The average molecular weight is 293 g/mol. The van der Waals surface area contributed by atoms with E-state index in [9.17, 15) is 9.90 Å². The summed E-state index contributed by atoms with van der Waals surface area (Å²) in [4.78, 5) is 16.2. The third-order valence-corrected chi connectivity index (χ3v) is 3.33. The molecule has 2 aromatic carbocycles. The number of carbonyl (C=O) groups is 1. The van der Waals surface area contributed by atoms with E-state index in [1.54, 1.807) is 36.8 Å². The van der Waals surface area contributed by atoms with Gasteiger partial charge in [0.15, 0.2) is 0 Å². The number of rotatable bonds is 3. The molecule has 0 radical (unpaired) electrons. The van der Waals surface area contributed by atoms with Crippen molar-refractivity contribution < 1.29 is 9.90 Å². The number of phenols is 1. The summed E-state index contributed by atoms with van der Waals surface area (Å²) < 4.78 is 1.85. The summed E-state index contributed by atoms with van der Waals surface area (Å²) in [7, 11) is 0. The Kier molecular flexibility index (Phi) is 3.62. The van der Waals surface area contributed by atoms with Crippen molar-refractivity contribution in [2.75, 3.05) is 5.32 Å². The molecule has 0 unspecified atom stereocenters. The molecule has 0 atom stereocenters. The Balaban J connectivity index is 1.77. The first-order valence-corrected chi connectivity index (χ1v) is 6.83. The Bertz CT molecular complexity index is 793. The predicted molar refractivity (Wildman–Crippen MR) is 84.4 cm³/mol. The molecule has 0 bridgehead atoms. The Morgan fingerprint density at radius 1 is 1.18 bits per heavy atom. The van der Waals surface area contributed by atoms with Gasteiger partial charge >= 0.3 is 0 Å². The molecular formula is C17H15N3O2. The van der Waals surface area contributed by atoms with Gasteiger partial charge in [-0.05, 0) is 48.9 Å². The first-order chi connectivity index (χ1) is 10.6. The number of nitrogens with one attached hydrogen (secondary N) is 1. The van der Waals surface area contributed by atoms with Crippen molar-refractivity contribution in [2.24, 2.45) is 0 Å². The molecule has 0 aliphatic heterocycles. The van der Waals surface area contributed by atoms with Gasteiger partial charge in [0.1, 0.15) is 5.75 Å². The van der Waals surface area contributed by atoms with Crippen LogP contribution in [0.2, 0.25) is 0 Å². The number of carbonyl (C=O) groups excluding carboxylic acids is 1. The van der Waals surface area contributed by atoms with Crippen molar-refractivity contribution in [2.45, 2.75) is 6.92 Å². The van der Waals surface area contributed by atoms with Crippen molar-refractivity contribution in [3.8, 4) is 11.4 Å². The monoisotopic (exact) mass is 293 g/mol. The van der Waals surface area contributed by atoms with Gasteiger partial charge in [-0.2, -0.15) is 0 Å². The van der Waals surface area contributed by atoms with E-state index >= 15 is 0 Å². The van der Waals surface area contributed by atoms with Crippen molar-refractivity contribution in [3.63, 3.8) is 0 Å². The molecule has 2 N–H and O–H groups in total. The lowest BCUT2D eigenvalue weighted by atomic mass is 10.1. The number of phenolic OH excluding ortho intramolecular Hbond substituents is 1. The van der Waals surface area contributed by atoms with Gasteiger partial charge in [-0.1, -0.05) is 6.07 Å². The lowest BCUT2D eigenvalue weighted by Crippen LogP contribution is -2.12. The molecule has 5 nitrogen and oxygen atoms in total. The Hall–Kier alpha value is -3.08. The number of hydrogen-bond acceptors (Lipinski definition) is 3. The molecule has 1 amide bonds. The predicted octanol–water partition coefficient (Wildman–Crippen LogP) is 3.14. The van der Waals surface area contributed by atoms with Crippen LogP contribution in [-0.4, -0.2) is 20.6 Å². The summed E-state index contributed by atoms with van der Waals surface area (Å²) in [5.41, 5.74) is 2.77. The van der Waals surface area contributed by atoms with Gasteiger partial charge in [-0.3, -0.25) is 4.79 Å². The third kappa shape index (κ3) is 2.83. The standard InChI is InChI=1S/C17H15N3O2/c1-12-2-7-15(16(21)10-12)19-17(22)13-3-5-14(6-4-13)20-9-8-18-11-20/h2-11,21H,1H3,(H,19,22). The number of benzene rings is 2. The zero-order valence-corrected chi connectivity index (χ0v) is 12.0. The van der Waals surface area contributed by atoms with Crippen LogP contribution in [0.25, 0.3) is 5.69 Å². The molecule has 0 aliphatic carbocycles. The SMILES string of the molecule is Cc1ccc(NC(=O)c2ccc(-n3ccnc3)cc2)c(O)c1.